The smallest absolute Gasteiger partial charge is 0.275 e. The molecular formula is C3H6O3. The number of ether oxygens (including phenoxy) is 3. The first-order chi connectivity index (χ1) is 2.93. The summed E-state index contributed by atoms with van der Waals surface area (Å²) in [6, 6.07) is 0. The van der Waals surface area contributed by atoms with Gasteiger partial charge < -0.3 is 14.2 Å². The Morgan fingerprint density at radius 2 is 2.33 bits per heavy atom. The van der Waals surface area contributed by atoms with Gasteiger partial charge in [-0.2, -0.15) is 0 Å². The van der Waals surface area contributed by atoms with Crippen molar-refractivity contribution >= 4 is 0 Å². The molecule has 0 spiro atoms. The summed E-state index contributed by atoms with van der Waals surface area (Å²) in [5, 5.41) is 0. The fourth-order valence-corrected chi connectivity index (χ4v) is 0.260. The molecule has 1 aliphatic heterocycles. The lowest BCUT2D eigenvalue weighted by molar-refractivity contribution is -0.414. The molecule has 1 aliphatic rings. The molecule has 1 rings (SSSR count). The quantitative estimate of drug-likeness (QED) is 0.450. The van der Waals surface area contributed by atoms with Crippen molar-refractivity contribution in [3.8, 4) is 0 Å². The highest BCUT2D eigenvalue weighted by Crippen LogP contribution is 2.04. The van der Waals surface area contributed by atoms with Gasteiger partial charge in [0.2, 0.25) is 0 Å². The molecule has 0 bridgehead atoms. The minimum atomic E-state index is -0.384. The molecule has 0 amide bonds. The Hall–Kier alpha value is -0.120. The van der Waals surface area contributed by atoms with Crippen molar-refractivity contribution in [2.45, 2.75) is 6.48 Å². The van der Waals surface area contributed by atoms with Crippen molar-refractivity contribution in [1.29, 1.82) is 0 Å². The van der Waals surface area contributed by atoms with E-state index in [9.17, 15) is 0 Å². The van der Waals surface area contributed by atoms with Gasteiger partial charge in [-0.15, -0.1) is 0 Å². The maximum atomic E-state index is 4.64. The van der Waals surface area contributed by atoms with Crippen LogP contribution in [-0.4, -0.2) is 20.4 Å². The summed E-state index contributed by atoms with van der Waals surface area (Å²) in [6.45, 7) is -0.0107. The maximum Gasteiger partial charge on any atom is 0.275 e. The summed E-state index contributed by atoms with van der Waals surface area (Å²) in [4.78, 5) is 0. The molecule has 0 aromatic carbocycles. The van der Waals surface area contributed by atoms with E-state index in [4.69, 9.17) is 0 Å². The lowest BCUT2D eigenvalue weighted by Crippen LogP contribution is -2.31. The van der Waals surface area contributed by atoms with Gasteiger partial charge in [-0.1, -0.05) is 0 Å². The molecule has 0 aromatic rings. The maximum absolute atomic E-state index is 4.64. The first kappa shape index (κ1) is 4.05. The van der Waals surface area contributed by atoms with E-state index in [-0.39, 0.29) is 6.48 Å². The van der Waals surface area contributed by atoms with E-state index in [0.717, 1.165) is 0 Å². The second-order valence-corrected chi connectivity index (χ2v) is 0.976. The number of methoxy groups -OCH3 is 1. The molecule has 1 heterocycles. The third kappa shape index (κ3) is 0.518. The van der Waals surface area contributed by atoms with E-state index in [1.165, 1.54) is 7.11 Å². The molecule has 6 heavy (non-hydrogen) atoms. The van der Waals surface area contributed by atoms with Crippen LogP contribution in [0.15, 0.2) is 0 Å². The van der Waals surface area contributed by atoms with Gasteiger partial charge in [-0.3, -0.25) is 0 Å². The summed E-state index contributed by atoms with van der Waals surface area (Å²) in [6.07, 6.45) is 0. The van der Waals surface area contributed by atoms with Gasteiger partial charge in [0.25, 0.3) is 6.48 Å². The van der Waals surface area contributed by atoms with E-state index in [1.54, 1.807) is 0 Å². The third-order valence-electron chi connectivity index (χ3n) is 0.601. The standard InChI is InChI=1S/C3H6O3/c1-4-3-5-2-6-3/h3H,2H2,1H3. The van der Waals surface area contributed by atoms with Crippen molar-refractivity contribution < 1.29 is 14.2 Å². The van der Waals surface area contributed by atoms with Crippen LogP contribution < -0.4 is 0 Å². The monoisotopic (exact) mass is 90.0 g/mol. The van der Waals surface area contributed by atoms with Gasteiger partial charge in [0.1, 0.15) is 0 Å². The summed E-state index contributed by atoms with van der Waals surface area (Å²) in [5.74, 6) is 0. The number of hydrogen-bond donors (Lipinski definition) is 0. The van der Waals surface area contributed by atoms with Crippen LogP contribution in [-0.2, 0) is 14.2 Å². The van der Waals surface area contributed by atoms with Crippen LogP contribution in [0.5, 0.6) is 0 Å². The molecule has 0 saturated carbocycles. The Bertz CT molecular complexity index is 38.5. The van der Waals surface area contributed by atoms with E-state index in [1.807, 2.05) is 0 Å². The Kier molecular flexibility index (Phi) is 1.05. The molecule has 36 valence electrons. The van der Waals surface area contributed by atoms with Crippen LogP contribution in [0.1, 0.15) is 0 Å². The summed E-state index contributed by atoms with van der Waals surface area (Å²) >= 11 is 0. The lowest BCUT2D eigenvalue weighted by Gasteiger charge is -2.23. The fraction of sp³-hybridized carbons (Fsp3) is 1.00. The zero-order valence-corrected chi connectivity index (χ0v) is 3.51. The molecule has 0 N–H and O–H groups in total. The zero-order valence-electron chi connectivity index (χ0n) is 3.51. The Labute approximate surface area is 35.8 Å². The highest BCUT2D eigenvalue weighted by molar-refractivity contribution is 4.24. The van der Waals surface area contributed by atoms with Crippen LogP contribution in [0.25, 0.3) is 0 Å². The molecule has 0 unspecified atom stereocenters. The van der Waals surface area contributed by atoms with Gasteiger partial charge in [0.15, 0.2) is 6.79 Å². The molecule has 0 aliphatic carbocycles. The van der Waals surface area contributed by atoms with Gasteiger partial charge in [0.05, 0.1) is 0 Å². The van der Waals surface area contributed by atoms with E-state index in [0.29, 0.717) is 6.79 Å². The number of rotatable bonds is 1. The summed E-state index contributed by atoms with van der Waals surface area (Å²) < 4.78 is 13.8. The van der Waals surface area contributed by atoms with E-state index in [2.05, 4.69) is 14.2 Å². The minimum Gasteiger partial charge on any atom is -0.333 e. The second-order valence-electron chi connectivity index (χ2n) is 0.976. The Morgan fingerprint density at radius 3 is 2.33 bits per heavy atom. The number of hydrogen-bond acceptors (Lipinski definition) is 3. The fourth-order valence-electron chi connectivity index (χ4n) is 0.260. The largest absolute Gasteiger partial charge is 0.333 e. The van der Waals surface area contributed by atoms with E-state index < -0.39 is 0 Å². The zero-order chi connectivity index (χ0) is 4.41. The normalized spacial score (nSPS) is 23.5. The molecule has 0 aromatic heterocycles. The second kappa shape index (κ2) is 1.55. The topological polar surface area (TPSA) is 27.7 Å². The average molecular weight is 90.1 g/mol. The highest BCUT2D eigenvalue weighted by Gasteiger charge is 2.15. The molecule has 1 saturated heterocycles. The van der Waals surface area contributed by atoms with Crippen LogP contribution in [0.2, 0.25) is 0 Å². The van der Waals surface area contributed by atoms with Crippen LogP contribution in [0, 0.1) is 0 Å². The molecule has 3 nitrogen and oxygen atoms in total. The van der Waals surface area contributed by atoms with Gasteiger partial charge in [-0.05, 0) is 0 Å². The first-order valence-corrected chi connectivity index (χ1v) is 1.69. The first-order valence-electron chi connectivity index (χ1n) is 1.69. The molecule has 0 radical (unpaired) electrons. The minimum absolute atomic E-state index is 0.374. The molecule has 3 heteroatoms. The highest BCUT2D eigenvalue weighted by atomic mass is 17.0. The Morgan fingerprint density at radius 1 is 1.67 bits per heavy atom. The predicted molar refractivity (Wildman–Crippen MR) is 17.8 cm³/mol. The molecule has 1 fully saturated rings. The van der Waals surface area contributed by atoms with Crippen molar-refractivity contribution in [3.05, 3.63) is 0 Å². The van der Waals surface area contributed by atoms with Crippen LogP contribution in [0.4, 0.5) is 0 Å². The SMILES string of the molecule is COC1OCO1. The van der Waals surface area contributed by atoms with Crippen molar-refractivity contribution in [3.63, 3.8) is 0 Å². The molecular weight excluding hydrogens is 84.0 g/mol. The summed E-state index contributed by atoms with van der Waals surface area (Å²) in [5.41, 5.74) is 0. The molecule has 0 atom stereocenters. The average Bonchev–Trinajstić information content (AvgIpc) is 1.31. The van der Waals surface area contributed by atoms with Crippen LogP contribution >= 0.6 is 0 Å². The lowest BCUT2D eigenvalue weighted by atomic mass is 11.1. The third-order valence-corrected chi connectivity index (χ3v) is 0.601. The summed E-state index contributed by atoms with van der Waals surface area (Å²) in [7, 11) is 1.53. The van der Waals surface area contributed by atoms with Gasteiger partial charge in [0, 0.05) is 7.11 Å². The van der Waals surface area contributed by atoms with Crippen molar-refractivity contribution in [1.82, 2.24) is 0 Å². The van der Waals surface area contributed by atoms with Gasteiger partial charge in [-0.25, -0.2) is 0 Å². The van der Waals surface area contributed by atoms with Crippen molar-refractivity contribution in [2.24, 2.45) is 0 Å². The van der Waals surface area contributed by atoms with Crippen molar-refractivity contribution in [2.75, 3.05) is 13.9 Å². The van der Waals surface area contributed by atoms with Crippen LogP contribution in [0.3, 0.4) is 0 Å². The Balaban J connectivity index is 2.01. The van der Waals surface area contributed by atoms with Gasteiger partial charge >= 0.3 is 0 Å². The van der Waals surface area contributed by atoms with E-state index >= 15 is 0 Å². The predicted octanol–water partition coefficient (Wildman–Crippen LogP) is -0.0793.